The minimum absolute atomic E-state index is 0.0554. The van der Waals surface area contributed by atoms with Gasteiger partial charge in [-0.3, -0.25) is 4.72 Å². The number of anilines is 1. The number of rotatable bonds is 4. The van der Waals surface area contributed by atoms with Gasteiger partial charge in [0.2, 0.25) is 0 Å². The molecule has 1 aliphatic carbocycles. The Bertz CT molecular complexity index is 460. The van der Waals surface area contributed by atoms with Crippen LogP contribution >= 0.6 is 11.6 Å². The Morgan fingerprint density at radius 2 is 2.13 bits per heavy atom. The molecule has 1 saturated carbocycles. The third kappa shape index (κ3) is 3.29. The van der Waals surface area contributed by atoms with Gasteiger partial charge in [-0.25, -0.2) is 9.97 Å². The minimum atomic E-state index is -3.54. The lowest BCUT2D eigenvalue weighted by Crippen LogP contribution is -2.32. The van der Waals surface area contributed by atoms with E-state index < -0.39 is 10.2 Å². The fourth-order valence-electron chi connectivity index (χ4n) is 0.977. The van der Waals surface area contributed by atoms with Crippen LogP contribution in [-0.2, 0) is 10.2 Å². The van der Waals surface area contributed by atoms with E-state index in [1.165, 1.54) is 12.4 Å². The van der Waals surface area contributed by atoms with Gasteiger partial charge in [-0.05, 0) is 12.8 Å². The van der Waals surface area contributed by atoms with Crippen molar-refractivity contribution in [3.8, 4) is 0 Å². The quantitative estimate of drug-likeness (QED) is 0.762. The summed E-state index contributed by atoms with van der Waals surface area (Å²) in [5.74, 6) is 0.156. The summed E-state index contributed by atoms with van der Waals surface area (Å²) >= 11 is 5.59. The summed E-state index contributed by atoms with van der Waals surface area (Å²) in [6.45, 7) is 0. The van der Waals surface area contributed by atoms with Gasteiger partial charge in [0.05, 0.1) is 0 Å². The molecule has 6 nitrogen and oxygen atoms in total. The number of nitrogens with one attached hydrogen (secondary N) is 2. The largest absolute Gasteiger partial charge is 0.300 e. The third-order valence-electron chi connectivity index (χ3n) is 1.77. The van der Waals surface area contributed by atoms with Crippen molar-refractivity contribution < 1.29 is 8.42 Å². The van der Waals surface area contributed by atoms with Crippen molar-refractivity contribution in [3.63, 3.8) is 0 Å². The zero-order valence-corrected chi connectivity index (χ0v) is 9.22. The number of hydrogen-bond acceptors (Lipinski definition) is 4. The first-order valence-corrected chi connectivity index (χ1v) is 6.19. The predicted molar refractivity (Wildman–Crippen MR) is 55.7 cm³/mol. The van der Waals surface area contributed by atoms with E-state index in [0.717, 1.165) is 12.8 Å². The molecule has 8 heteroatoms. The Labute approximate surface area is 92.3 Å². The molecule has 0 bridgehead atoms. The molecule has 1 heterocycles. The summed E-state index contributed by atoms with van der Waals surface area (Å²) in [7, 11) is -3.54. The fraction of sp³-hybridized carbons (Fsp3) is 0.429. The Hall–Kier alpha value is -0.920. The van der Waals surface area contributed by atoms with Crippen molar-refractivity contribution >= 4 is 27.6 Å². The maximum absolute atomic E-state index is 11.4. The standard InChI is InChI=1S/C7H9ClN4O2S/c8-6-3-7(10-4-9-6)12-15(13,14)11-5-1-2-5/h3-5,11H,1-2H2,(H,9,10,12). The second kappa shape index (κ2) is 3.92. The molecular weight excluding hydrogens is 240 g/mol. The number of halogens is 1. The monoisotopic (exact) mass is 248 g/mol. The highest BCUT2D eigenvalue weighted by Crippen LogP contribution is 2.20. The Kier molecular flexibility index (Phi) is 2.76. The SMILES string of the molecule is O=S(=O)(Nc1cc(Cl)ncn1)NC1CC1. The number of hydrogen-bond donors (Lipinski definition) is 2. The molecule has 2 rings (SSSR count). The van der Waals surface area contributed by atoms with Crippen LogP contribution in [0, 0.1) is 0 Å². The maximum Gasteiger partial charge on any atom is 0.300 e. The smallest absolute Gasteiger partial charge is 0.254 e. The topological polar surface area (TPSA) is 84.0 Å². The molecule has 1 fully saturated rings. The zero-order valence-electron chi connectivity index (χ0n) is 7.64. The second-order valence-corrected chi connectivity index (χ2v) is 5.06. The Morgan fingerprint density at radius 3 is 2.73 bits per heavy atom. The van der Waals surface area contributed by atoms with Gasteiger partial charge in [0.25, 0.3) is 0 Å². The molecule has 0 aliphatic heterocycles. The molecule has 0 amide bonds. The highest BCUT2D eigenvalue weighted by molar-refractivity contribution is 7.90. The fourth-order valence-corrected chi connectivity index (χ4v) is 2.24. The van der Waals surface area contributed by atoms with Crippen LogP contribution in [0.3, 0.4) is 0 Å². The van der Waals surface area contributed by atoms with Crippen molar-refractivity contribution in [1.82, 2.24) is 14.7 Å². The molecule has 1 aliphatic rings. The van der Waals surface area contributed by atoms with E-state index in [1.54, 1.807) is 0 Å². The van der Waals surface area contributed by atoms with Gasteiger partial charge in [0.15, 0.2) is 0 Å². The third-order valence-corrected chi connectivity index (χ3v) is 3.10. The summed E-state index contributed by atoms with van der Waals surface area (Å²) in [4.78, 5) is 7.37. The van der Waals surface area contributed by atoms with Gasteiger partial charge in [0.1, 0.15) is 17.3 Å². The highest BCUT2D eigenvalue weighted by Gasteiger charge is 2.26. The van der Waals surface area contributed by atoms with Crippen LogP contribution in [0.15, 0.2) is 12.4 Å². The maximum atomic E-state index is 11.4. The van der Waals surface area contributed by atoms with Gasteiger partial charge in [-0.1, -0.05) is 11.6 Å². The first-order valence-electron chi connectivity index (χ1n) is 4.33. The summed E-state index contributed by atoms with van der Waals surface area (Å²) in [5.41, 5.74) is 0. The first-order chi connectivity index (χ1) is 7.05. The Morgan fingerprint density at radius 1 is 1.40 bits per heavy atom. The van der Waals surface area contributed by atoms with E-state index in [2.05, 4.69) is 19.4 Å². The minimum Gasteiger partial charge on any atom is -0.254 e. The lowest BCUT2D eigenvalue weighted by atomic mass is 10.6. The average Bonchev–Trinajstić information content (AvgIpc) is 2.86. The van der Waals surface area contributed by atoms with Crippen molar-refractivity contribution in [2.24, 2.45) is 0 Å². The van der Waals surface area contributed by atoms with E-state index in [1.807, 2.05) is 0 Å². The molecule has 0 saturated heterocycles. The summed E-state index contributed by atoms with van der Waals surface area (Å²) in [6, 6.07) is 1.40. The van der Waals surface area contributed by atoms with Crippen LogP contribution in [0.4, 0.5) is 5.82 Å². The van der Waals surface area contributed by atoms with E-state index in [4.69, 9.17) is 11.6 Å². The number of aromatic nitrogens is 2. The Balaban J connectivity index is 2.06. The number of nitrogens with zero attached hydrogens (tertiary/aromatic N) is 2. The molecule has 1 aromatic rings. The van der Waals surface area contributed by atoms with Crippen LogP contribution in [0.2, 0.25) is 5.15 Å². The van der Waals surface area contributed by atoms with Gasteiger partial charge >= 0.3 is 10.2 Å². The van der Waals surface area contributed by atoms with Crippen LogP contribution in [0.5, 0.6) is 0 Å². The van der Waals surface area contributed by atoms with E-state index in [9.17, 15) is 8.42 Å². The lowest BCUT2D eigenvalue weighted by Gasteiger charge is -2.06. The van der Waals surface area contributed by atoms with Gasteiger partial charge in [-0.15, -0.1) is 0 Å². The lowest BCUT2D eigenvalue weighted by molar-refractivity contribution is 0.586. The molecule has 0 spiro atoms. The summed E-state index contributed by atoms with van der Waals surface area (Å²) in [6.07, 6.45) is 2.95. The van der Waals surface area contributed by atoms with Gasteiger partial charge < -0.3 is 0 Å². The van der Waals surface area contributed by atoms with E-state index in [-0.39, 0.29) is 17.0 Å². The van der Waals surface area contributed by atoms with Crippen molar-refractivity contribution in [1.29, 1.82) is 0 Å². The molecule has 2 N–H and O–H groups in total. The molecular formula is C7H9ClN4O2S. The molecule has 82 valence electrons. The summed E-state index contributed by atoms with van der Waals surface area (Å²) < 4.78 is 27.6. The van der Waals surface area contributed by atoms with Crippen LogP contribution in [0.1, 0.15) is 12.8 Å². The zero-order chi connectivity index (χ0) is 10.9. The van der Waals surface area contributed by atoms with E-state index in [0.29, 0.717) is 0 Å². The van der Waals surface area contributed by atoms with Crippen molar-refractivity contribution in [3.05, 3.63) is 17.5 Å². The molecule has 0 unspecified atom stereocenters. The average molecular weight is 249 g/mol. The normalized spacial score (nSPS) is 16.3. The summed E-state index contributed by atoms with van der Waals surface area (Å²) in [5, 5.41) is 0.189. The molecule has 15 heavy (non-hydrogen) atoms. The second-order valence-electron chi connectivity index (χ2n) is 3.22. The van der Waals surface area contributed by atoms with Crippen molar-refractivity contribution in [2.75, 3.05) is 4.72 Å². The molecule has 1 aromatic heterocycles. The molecule has 0 radical (unpaired) electrons. The highest BCUT2D eigenvalue weighted by atomic mass is 35.5. The van der Waals surface area contributed by atoms with Gasteiger partial charge in [-0.2, -0.15) is 13.1 Å². The first kappa shape index (κ1) is 10.6. The molecule has 0 atom stereocenters. The predicted octanol–water partition coefficient (Wildman–Crippen LogP) is 0.539. The van der Waals surface area contributed by atoms with Gasteiger partial charge in [0, 0.05) is 12.1 Å². The van der Waals surface area contributed by atoms with Crippen LogP contribution in [0.25, 0.3) is 0 Å². The van der Waals surface area contributed by atoms with Crippen LogP contribution in [-0.4, -0.2) is 24.4 Å². The van der Waals surface area contributed by atoms with Crippen molar-refractivity contribution in [2.45, 2.75) is 18.9 Å². The van der Waals surface area contributed by atoms with E-state index >= 15 is 0 Å². The molecule has 0 aromatic carbocycles. The van der Waals surface area contributed by atoms with Crippen LogP contribution < -0.4 is 9.44 Å².